The van der Waals surface area contributed by atoms with E-state index in [1.165, 1.54) is 38.5 Å². The summed E-state index contributed by atoms with van der Waals surface area (Å²) in [5.74, 6) is 1.05. The molecule has 1 aliphatic rings. The third-order valence-corrected chi connectivity index (χ3v) is 4.73. The molecule has 0 amide bonds. The molecule has 0 bridgehead atoms. The summed E-state index contributed by atoms with van der Waals surface area (Å²) in [4.78, 5) is 7.01. The molecular formula is C18H24N2O. The van der Waals surface area contributed by atoms with Gasteiger partial charge in [-0.3, -0.25) is 0 Å². The molecule has 112 valence electrons. The monoisotopic (exact) mass is 284 g/mol. The SMILES string of the molecule is CN(c1ncc(CO)c2ccccc12)C1CCCCCC1. The molecule has 1 fully saturated rings. The summed E-state index contributed by atoms with van der Waals surface area (Å²) in [6.45, 7) is 0.0426. The van der Waals surface area contributed by atoms with Gasteiger partial charge in [-0.1, -0.05) is 49.9 Å². The fraction of sp³-hybridized carbons (Fsp3) is 0.500. The van der Waals surface area contributed by atoms with Crippen LogP contribution in [0.5, 0.6) is 0 Å². The van der Waals surface area contributed by atoms with Gasteiger partial charge in [0, 0.05) is 30.2 Å². The maximum atomic E-state index is 9.50. The minimum Gasteiger partial charge on any atom is -0.392 e. The summed E-state index contributed by atoms with van der Waals surface area (Å²) in [6, 6.07) is 8.85. The van der Waals surface area contributed by atoms with Crippen molar-refractivity contribution in [1.29, 1.82) is 0 Å². The van der Waals surface area contributed by atoms with Crippen LogP contribution in [-0.2, 0) is 6.61 Å². The van der Waals surface area contributed by atoms with Crippen LogP contribution in [0.1, 0.15) is 44.1 Å². The summed E-state index contributed by atoms with van der Waals surface area (Å²) in [7, 11) is 2.17. The highest BCUT2D eigenvalue weighted by Crippen LogP contribution is 2.30. The zero-order valence-electron chi connectivity index (χ0n) is 12.8. The lowest BCUT2D eigenvalue weighted by atomic mass is 10.0. The summed E-state index contributed by atoms with van der Waals surface area (Å²) in [5.41, 5.74) is 0.906. The number of anilines is 1. The van der Waals surface area contributed by atoms with Gasteiger partial charge < -0.3 is 10.0 Å². The van der Waals surface area contributed by atoms with Crippen LogP contribution in [0.3, 0.4) is 0 Å². The molecule has 1 aromatic carbocycles. The second-order valence-corrected chi connectivity index (χ2v) is 6.07. The van der Waals surface area contributed by atoms with Gasteiger partial charge in [0.1, 0.15) is 5.82 Å². The number of pyridine rings is 1. The van der Waals surface area contributed by atoms with E-state index in [1.807, 2.05) is 12.3 Å². The van der Waals surface area contributed by atoms with Crippen LogP contribution >= 0.6 is 0 Å². The standard InChI is InChI=1S/C18H24N2O/c1-20(15-8-4-2-3-5-9-15)18-17-11-7-6-10-16(17)14(13-21)12-19-18/h6-7,10-12,15,21H,2-5,8-9,13H2,1H3. The van der Waals surface area contributed by atoms with Crippen molar-refractivity contribution in [3.63, 3.8) is 0 Å². The molecule has 3 nitrogen and oxygen atoms in total. The number of fused-ring (bicyclic) bond motifs is 1. The number of aromatic nitrogens is 1. The molecule has 3 rings (SSSR count). The number of benzene rings is 1. The van der Waals surface area contributed by atoms with Crippen molar-refractivity contribution in [2.24, 2.45) is 0 Å². The highest BCUT2D eigenvalue weighted by molar-refractivity contribution is 5.94. The Bertz CT molecular complexity index is 603. The molecule has 1 aromatic heterocycles. The van der Waals surface area contributed by atoms with Crippen molar-refractivity contribution in [3.05, 3.63) is 36.0 Å². The fourth-order valence-electron chi connectivity index (χ4n) is 3.46. The van der Waals surface area contributed by atoms with E-state index in [0.717, 1.165) is 22.2 Å². The zero-order chi connectivity index (χ0) is 14.7. The number of rotatable bonds is 3. The molecule has 0 spiro atoms. The second-order valence-electron chi connectivity index (χ2n) is 6.07. The first-order valence-electron chi connectivity index (χ1n) is 8.01. The van der Waals surface area contributed by atoms with Crippen molar-refractivity contribution in [2.75, 3.05) is 11.9 Å². The maximum absolute atomic E-state index is 9.50. The minimum atomic E-state index is 0.0426. The Morgan fingerprint density at radius 3 is 2.43 bits per heavy atom. The smallest absolute Gasteiger partial charge is 0.136 e. The molecule has 1 N–H and O–H groups in total. The first-order valence-corrected chi connectivity index (χ1v) is 8.01. The average Bonchev–Trinajstić information content (AvgIpc) is 2.82. The van der Waals surface area contributed by atoms with Gasteiger partial charge >= 0.3 is 0 Å². The van der Waals surface area contributed by atoms with E-state index < -0.39 is 0 Å². The third-order valence-electron chi connectivity index (χ3n) is 4.73. The van der Waals surface area contributed by atoms with E-state index in [9.17, 15) is 5.11 Å². The van der Waals surface area contributed by atoms with E-state index in [2.05, 4.69) is 35.1 Å². The van der Waals surface area contributed by atoms with E-state index in [-0.39, 0.29) is 6.61 Å². The lowest BCUT2D eigenvalue weighted by Crippen LogP contribution is -2.32. The number of nitrogens with zero attached hydrogens (tertiary/aromatic N) is 2. The van der Waals surface area contributed by atoms with E-state index in [4.69, 9.17) is 0 Å². The Kier molecular flexibility index (Phi) is 4.39. The number of aliphatic hydroxyl groups is 1. The molecule has 1 saturated carbocycles. The first kappa shape index (κ1) is 14.3. The Morgan fingerprint density at radius 2 is 1.76 bits per heavy atom. The molecule has 2 aromatic rings. The van der Waals surface area contributed by atoms with Gasteiger partial charge in [0.15, 0.2) is 0 Å². The maximum Gasteiger partial charge on any atom is 0.136 e. The average molecular weight is 284 g/mol. The van der Waals surface area contributed by atoms with Gasteiger partial charge in [-0.15, -0.1) is 0 Å². The predicted molar refractivity (Wildman–Crippen MR) is 87.6 cm³/mol. The van der Waals surface area contributed by atoms with Crippen LogP contribution in [0.25, 0.3) is 10.8 Å². The molecule has 0 saturated heterocycles. The Labute approximate surface area is 126 Å². The van der Waals surface area contributed by atoms with Crippen LogP contribution in [0, 0.1) is 0 Å². The number of aliphatic hydroxyl groups excluding tert-OH is 1. The summed E-state index contributed by atoms with van der Waals surface area (Å²) < 4.78 is 0. The minimum absolute atomic E-state index is 0.0426. The van der Waals surface area contributed by atoms with Gasteiger partial charge in [-0.2, -0.15) is 0 Å². The van der Waals surface area contributed by atoms with Crippen LogP contribution < -0.4 is 4.90 Å². The molecule has 3 heteroatoms. The van der Waals surface area contributed by atoms with Gasteiger partial charge in [-0.05, 0) is 18.2 Å². The highest BCUT2D eigenvalue weighted by Gasteiger charge is 2.20. The molecular weight excluding hydrogens is 260 g/mol. The van der Waals surface area contributed by atoms with Crippen molar-refractivity contribution in [3.8, 4) is 0 Å². The predicted octanol–water partition coefficient (Wildman–Crippen LogP) is 3.89. The van der Waals surface area contributed by atoms with Gasteiger partial charge in [0.2, 0.25) is 0 Å². The molecule has 0 unspecified atom stereocenters. The van der Waals surface area contributed by atoms with Crippen molar-refractivity contribution >= 4 is 16.6 Å². The van der Waals surface area contributed by atoms with Crippen LogP contribution in [-0.4, -0.2) is 23.2 Å². The Hall–Kier alpha value is -1.61. The third kappa shape index (κ3) is 2.88. The van der Waals surface area contributed by atoms with Gasteiger partial charge in [0.05, 0.1) is 6.61 Å². The quantitative estimate of drug-likeness (QED) is 0.869. The zero-order valence-corrected chi connectivity index (χ0v) is 12.8. The van der Waals surface area contributed by atoms with Crippen LogP contribution in [0.4, 0.5) is 5.82 Å². The molecule has 21 heavy (non-hydrogen) atoms. The lowest BCUT2D eigenvalue weighted by molar-refractivity contribution is 0.283. The highest BCUT2D eigenvalue weighted by atomic mass is 16.3. The first-order chi connectivity index (χ1) is 10.3. The van der Waals surface area contributed by atoms with Gasteiger partial charge in [-0.25, -0.2) is 4.98 Å². The second kappa shape index (κ2) is 6.44. The molecule has 1 aliphatic carbocycles. The molecule has 0 aliphatic heterocycles. The number of hydrogen-bond acceptors (Lipinski definition) is 3. The van der Waals surface area contributed by atoms with E-state index >= 15 is 0 Å². The van der Waals surface area contributed by atoms with Crippen molar-refractivity contribution in [1.82, 2.24) is 4.98 Å². The molecule has 1 heterocycles. The van der Waals surface area contributed by atoms with E-state index in [0.29, 0.717) is 6.04 Å². The van der Waals surface area contributed by atoms with Gasteiger partial charge in [0.25, 0.3) is 0 Å². The Morgan fingerprint density at radius 1 is 1.10 bits per heavy atom. The topological polar surface area (TPSA) is 36.4 Å². The van der Waals surface area contributed by atoms with E-state index in [1.54, 1.807) is 0 Å². The molecule has 0 radical (unpaired) electrons. The lowest BCUT2D eigenvalue weighted by Gasteiger charge is -2.29. The van der Waals surface area contributed by atoms with Crippen molar-refractivity contribution < 1.29 is 5.11 Å². The summed E-state index contributed by atoms with van der Waals surface area (Å²) in [6.07, 6.45) is 9.71. The normalized spacial score (nSPS) is 16.9. The summed E-state index contributed by atoms with van der Waals surface area (Å²) in [5, 5.41) is 11.8. The van der Waals surface area contributed by atoms with Crippen LogP contribution in [0.2, 0.25) is 0 Å². The number of hydrogen-bond donors (Lipinski definition) is 1. The van der Waals surface area contributed by atoms with Crippen LogP contribution in [0.15, 0.2) is 30.5 Å². The Balaban J connectivity index is 1.99. The largest absolute Gasteiger partial charge is 0.392 e. The summed E-state index contributed by atoms with van der Waals surface area (Å²) >= 11 is 0. The van der Waals surface area contributed by atoms with Crippen molar-refractivity contribution in [2.45, 2.75) is 51.2 Å². The fourth-order valence-corrected chi connectivity index (χ4v) is 3.46. The molecule has 0 atom stereocenters.